The highest BCUT2D eigenvalue weighted by Crippen LogP contribution is 2.42. The van der Waals surface area contributed by atoms with Gasteiger partial charge < -0.3 is 59.6 Å². The van der Waals surface area contributed by atoms with Gasteiger partial charge in [0.1, 0.15) is 36.6 Å². The molecule has 0 saturated carbocycles. The van der Waals surface area contributed by atoms with Gasteiger partial charge in [-0.3, -0.25) is 33.3 Å². The maximum Gasteiger partial charge on any atom is 0.470 e. The number of aliphatic hydroxyl groups excluding tert-OH is 1. The summed E-state index contributed by atoms with van der Waals surface area (Å²) in [6.45, 7) is 11.2. The van der Waals surface area contributed by atoms with Crippen molar-refractivity contribution >= 4 is 49.4 Å². The van der Waals surface area contributed by atoms with Crippen molar-refractivity contribution in [3.8, 4) is 0 Å². The van der Waals surface area contributed by atoms with E-state index in [0.29, 0.717) is 57.8 Å². The molecule has 0 bridgehead atoms. The molecule has 103 heavy (non-hydrogen) atoms. The second kappa shape index (κ2) is 66.5. The van der Waals surface area contributed by atoms with Crippen LogP contribution in [-0.4, -0.2) is 130 Å². The molecule has 1 saturated heterocycles. The van der Waals surface area contributed by atoms with Crippen molar-refractivity contribution in [1.29, 1.82) is 0 Å². The molecule has 1 aliphatic heterocycles. The number of hydrogen-bond acceptors (Lipinski definition) is 15. The molecule has 22 heteroatoms. The fraction of sp³-hybridized carbons (Fsp3) is 0.914. The van der Waals surface area contributed by atoms with Gasteiger partial charge >= 0.3 is 31.7 Å². The molecule has 604 valence electrons. The van der Waals surface area contributed by atoms with Gasteiger partial charge in [-0.25, -0.2) is 9.36 Å². The number of amides is 3. The Morgan fingerprint density at radius 1 is 0.388 bits per heavy atom. The summed E-state index contributed by atoms with van der Waals surface area (Å²) in [4.78, 5) is 118. The number of ether oxygens (including phenoxy) is 5. The minimum atomic E-state index is -5.52. The van der Waals surface area contributed by atoms with E-state index >= 15 is 0 Å². The largest absolute Gasteiger partial charge is 0.480 e. The van der Waals surface area contributed by atoms with E-state index in [0.717, 1.165) is 225 Å². The zero-order valence-electron chi connectivity index (χ0n) is 65.9. The highest BCUT2D eigenvalue weighted by atomic mass is 31.2. The number of carboxylic acids is 1. The zero-order valence-corrected chi connectivity index (χ0v) is 66.8. The van der Waals surface area contributed by atoms with Crippen LogP contribution in [0.1, 0.15) is 408 Å². The first-order valence-electron chi connectivity index (χ1n) is 42.2. The average Bonchev–Trinajstić information content (AvgIpc) is 0.781. The molecule has 1 rings (SSSR count). The zero-order chi connectivity index (χ0) is 75.8. The minimum absolute atomic E-state index is 0.145. The summed E-state index contributed by atoms with van der Waals surface area (Å²) in [5.41, 5.74) is 0. The third kappa shape index (κ3) is 55.4. The Morgan fingerprint density at radius 2 is 0.660 bits per heavy atom. The van der Waals surface area contributed by atoms with Crippen LogP contribution in [0.5, 0.6) is 0 Å². The van der Waals surface area contributed by atoms with Crippen LogP contribution in [0.3, 0.4) is 0 Å². The van der Waals surface area contributed by atoms with Crippen molar-refractivity contribution in [2.75, 3.05) is 13.2 Å². The maximum absolute atomic E-state index is 14.9. The first kappa shape index (κ1) is 97.3. The Kier molecular flexibility index (Phi) is 62.8. The number of phosphoric acid groups is 1. The number of aliphatic carboxylic acids is 1. The lowest BCUT2D eigenvalue weighted by Gasteiger charge is -2.46. The van der Waals surface area contributed by atoms with E-state index in [1.54, 1.807) is 0 Å². The van der Waals surface area contributed by atoms with Gasteiger partial charge in [0.15, 0.2) is 12.3 Å². The summed E-state index contributed by atoms with van der Waals surface area (Å²) in [7, 11) is -5.52. The average molecular weight is 1490 g/mol. The van der Waals surface area contributed by atoms with Crippen LogP contribution in [0.15, 0.2) is 0 Å². The molecule has 0 aromatic carbocycles. The predicted octanol–water partition coefficient (Wildman–Crippen LogP) is 18.8. The van der Waals surface area contributed by atoms with Gasteiger partial charge in [0, 0.05) is 19.3 Å². The number of carbonyl (C=O) groups excluding carboxylic acids is 6. The lowest BCUT2D eigenvalue weighted by atomic mass is 9.93. The Labute approximate surface area is 624 Å². The summed E-state index contributed by atoms with van der Waals surface area (Å²) in [5.74, 6) is -5.17. The fourth-order valence-corrected chi connectivity index (χ4v) is 14.2. The predicted molar refractivity (Wildman–Crippen MR) is 409 cm³/mol. The number of aliphatic hydroxyl groups is 1. The van der Waals surface area contributed by atoms with E-state index in [4.69, 9.17) is 28.2 Å². The SMILES string of the molecule is CCCCCCCCCCC[C@H](CC(=O)NC1C(NC(=O)C[C@@H](CCCCCCCCCCC)OC(=O)CCCCCCCCC)[C@H](OP(=O)(O)O)C(CO)O[C@H]1OC[C@H](NC(=O)C[C@@H](CCCCCCCCCCC)OC(=O)CCCCCCCCC)C(=O)O)OC(=O)CCCCCCCCC. The molecule has 7 N–H and O–H groups in total. The molecule has 9 atom stereocenters. The number of esters is 3. The van der Waals surface area contributed by atoms with Crippen molar-refractivity contribution < 1.29 is 86.3 Å². The van der Waals surface area contributed by atoms with Crippen molar-refractivity contribution in [1.82, 2.24) is 16.0 Å². The molecule has 3 amide bonds. The molecule has 0 aliphatic carbocycles. The molecule has 0 radical (unpaired) electrons. The summed E-state index contributed by atoms with van der Waals surface area (Å²) in [6.07, 6.45) is 41.0. The third-order valence-electron chi connectivity index (χ3n) is 19.8. The Morgan fingerprint density at radius 3 is 0.942 bits per heavy atom. The highest BCUT2D eigenvalue weighted by Gasteiger charge is 2.51. The number of carbonyl (C=O) groups is 7. The first-order valence-corrected chi connectivity index (χ1v) is 43.7. The molecule has 1 aliphatic rings. The number of phosphoric ester groups is 1. The molecule has 21 nitrogen and oxygen atoms in total. The van der Waals surface area contributed by atoms with Gasteiger partial charge in [-0.2, -0.15) is 0 Å². The number of nitrogens with one attached hydrogen (secondary N) is 3. The third-order valence-corrected chi connectivity index (χ3v) is 20.4. The molecule has 0 spiro atoms. The summed E-state index contributed by atoms with van der Waals surface area (Å²) in [6, 6.07) is -5.17. The monoisotopic (exact) mass is 1490 g/mol. The van der Waals surface area contributed by atoms with E-state index in [-0.39, 0.29) is 25.7 Å². The van der Waals surface area contributed by atoms with Gasteiger partial charge in [0.25, 0.3) is 0 Å². The number of hydrogen-bond donors (Lipinski definition) is 7. The van der Waals surface area contributed by atoms with Crippen molar-refractivity contribution in [3.05, 3.63) is 0 Å². The van der Waals surface area contributed by atoms with Gasteiger partial charge in [-0.1, -0.05) is 311 Å². The molecule has 1 fully saturated rings. The molecular formula is C81H152N3O18P. The van der Waals surface area contributed by atoms with Crippen molar-refractivity contribution in [3.63, 3.8) is 0 Å². The quantitative estimate of drug-likeness (QED) is 0.0129. The Balaban J connectivity index is 3.85. The summed E-state index contributed by atoms with van der Waals surface area (Å²) < 4.78 is 48.9. The van der Waals surface area contributed by atoms with E-state index in [1.165, 1.54) is 44.9 Å². The number of carboxylic acid groups (broad SMARTS) is 1. The maximum atomic E-state index is 14.9. The van der Waals surface area contributed by atoms with Crippen LogP contribution in [0.4, 0.5) is 0 Å². The van der Waals surface area contributed by atoms with Gasteiger partial charge in [0.05, 0.1) is 38.5 Å². The molecule has 1 heterocycles. The van der Waals surface area contributed by atoms with Crippen LogP contribution < -0.4 is 16.0 Å². The molecule has 3 unspecified atom stereocenters. The fourth-order valence-electron chi connectivity index (χ4n) is 13.6. The Hall–Kier alpha value is -3.72. The second-order valence-corrected chi connectivity index (χ2v) is 30.9. The Bertz CT molecular complexity index is 2170. The smallest absolute Gasteiger partial charge is 0.470 e. The highest BCUT2D eigenvalue weighted by molar-refractivity contribution is 7.46. The van der Waals surface area contributed by atoms with Crippen LogP contribution >= 0.6 is 7.82 Å². The first-order chi connectivity index (χ1) is 49.8. The van der Waals surface area contributed by atoms with Crippen LogP contribution in [0.2, 0.25) is 0 Å². The van der Waals surface area contributed by atoms with Gasteiger partial charge in [-0.15, -0.1) is 0 Å². The number of rotatable bonds is 73. The van der Waals surface area contributed by atoms with E-state index in [1.807, 2.05) is 0 Å². The van der Waals surface area contributed by atoms with Gasteiger partial charge in [0.2, 0.25) is 17.7 Å². The van der Waals surface area contributed by atoms with Crippen LogP contribution in [0.25, 0.3) is 0 Å². The number of unbranched alkanes of at least 4 members (excludes halogenated alkanes) is 42. The van der Waals surface area contributed by atoms with Gasteiger partial charge in [-0.05, 0) is 57.8 Å². The second-order valence-electron chi connectivity index (χ2n) is 29.7. The standard InChI is InChI=1S/C81H152N3O18P/c1-7-13-19-25-31-34-40-43-49-55-66(98-74(89)58-52-46-37-28-22-16-10-4)61-71(86)82-69(80(92)93)65-97-81-78(84-73(88)63-68(57-51-45-42-36-33-27-21-15-9-3)100-76(91)60-54-48-39-30-24-18-12-6)77(79(70(64-85)101-81)102-103(94,95)96)83-72(87)62-67(56-50-44-41-35-32-26-20-14-8-2)99-75(90)59-53-47-38-29-23-17-11-5/h66-70,77-79,81,85H,7-65H2,1-6H3,(H,82,86)(H,83,87)(H,84,88)(H,92,93)(H2,94,95,96)/t66-,67-,68-,69+,70?,77?,78?,79-,81-/m1/s1. The molecule has 0 aromatic rings. The van der Waals surface area contributed by atoms with Crippen molar-refractivity contribution in [2.24, 2.45) is 0 Å². The minimum Gasteiger partial charge on any atom is -0.480 e. The molecular weight excluding hydrogens is 1330 g/mol. The summed E-state index contributed by atoms with van der Waals surface area (Å²) >= 11 is 0. The van der Waals surface area contributed by atoms with Crippen LogP contribution in [-0.2, 0) is 66.3 Å². The van der Waals surface area contributed by atoms with E-state index < -0.39 is 130 Å². The normalized spacial score (nSPS) is 17.3. The van der Waals surface area contributed by atoms with Crippen LogP contribution in [0, 0.1) is 0 Å². The lowest BCUT2D eigenvalue weighted by molar-refractivity contribution is -0.249. The topological polar surface area (TPSA) is 309 Å². The van der Waals surface area contributed by atoms with E-state index in [9.17, 15) is 58.1 Å². The van der Waals surface area contributed by atoms with E-state index in [2.05, 4.69) is 57.5 Å². The van der Waals surface area contributed by atoms with Crippen molar-refractivity contribution in [2.45, 2.75) is 462 Å². The summed E-state index contributed by atoms with van der Waals surface area (Å²) in [5, 5.41) is 29.9. The molecule has 0 aromatic heterocycles. The lowest BCUT2D eigenvalue weighted by Crippen LogP contribution is -2.70.